The third-order valence-corrected chi connectivity index (χ3v) is 5.30. The van der Waals surface area contributed by atoms with Crippen LogP contribution in [-0.4, -0.2) is 40.1 Å². The van der Waals surface area contributed by atoms with E-state index in [0.717, 1.165) is 18.2 Å². The molecule has 0 radical (unpaired) electrons. The van der Waals surface area contributed by atoms with Crippen molar-refractivity contribution in [2.24, 2.45) is 0 Å². The number of aromatic nitrogens is 1. The van der Waals surface area contributed by atoms with Gasteiger partial charge < -0.3 is 10.0 Å². The van der Waals surface area contributed by atoms with Crippen LogP contribution in [0.4, 0.5) is 4.39 Å². The number of amides is 1. The number of rotatable bonds is 3. The highest BCUT2D eigenvalue weighted by molar-refractivity contribution is 6.31. The Morgan fingerprint density at radius 3 is 2.85 bits per heavy atom. The van der Waals surface area contributed by atoms with Gasteiger partial charge in [0.1, 0.15) is 5.82 Å². The summed E-state index contributed by atoms with van der Waals surface area (Å²) in [6.07, 6.45) is 1.67. The molecule has 1 aliphatic rings. The topological polar surface area (TPSA) is 53.4 Å². The van der Waals surface area contributed by atoms with Crippen molar-refractivity contribution < 1.29 is 14.3 Å². The van der Waals surface area contributed by atoms with E-state index in [1.807, 2.05) is 24.3 Å². The Hall–Kier alpha value is -2.50. The molecule has 1 aliphatic heterocycles. The number of aliphatic hydroxyl groups excluding tert-OH is 1. The fourth-order valence-corrected chi connectivity index (χ4v) is 3.78. The molecule has 1 N–H and O–H groups in total. The molecule has 138 valence electrons. The Labute approximate surface area is 161 Å². The molecule has 1 amide bonds. The average Bonchev–Trinajstić information content (AvgIpc) is 3.17. The third-order valence-electron chi connectivity index (χ3n) is 5.01. The lowest BCUT2D eigenvalue weighted by Crippen LogP contribution is -2.37. The van der Waals surface area contributed by atoms with Crippen LogP contribution in [0.3, 0.4) is 0 Å². The van der Waals surface area contributed by atoms with Gasteiger partial charge in [0.25, 0.3) is 5.91 Å². The minimum Gasteiger partial charge on any atom is -0.394 e. The van der Waals surface area contributed by atoms with Crippen molar-refractivity contribution in [3.8, 4) is 11.3 Å². The molecule has 1 saturated heterocycles. The van der Waals surface area contributed by atoms with E-state index in [2.05, 4.69) is 4.98 Å². The van der Waals surface area contributed by atoms with Gasteiger partial charge >= 0.3 is 0 Å². The van der Waals surface area contributed by atoms with Gasteiger partial charge in [-0.25, -0.2) is 9.37 Å². The molecule has 4 nitrogen and oxygen atoms in total. The maximum absolute atomic E-state index is 13.5. The number of para-hydroxylation sites is 1. The van der Waals surface area contributed by atoms with E-state index in [-0.39, 0.29) is 23.6 Å². The number of carbonyl (C=O) groups is 1. The van der Waals surface area contributed by atoms with Gasteiger partial charge in [0.2, 0.25) is 0 Å². The number of fused-ring (bicyclic) bond motifs is 1. The van der Waals surface area contributed by atoms with Crippen LogP contribution in [0.5, 0.6) is 0 Å². The SMILES string of the molecule is O=C(c1cc(-c2ccc(F)c(Cl)c2)nc2ccccc12)N1CCCC1CO. The van der Waals surface area contributed by atoms with Crippen LogP contribution in [0.15, 0.2) is 48.5 Å². The van der Waals surface area contributed by atoms with E-state index in [1.165, 1.54) is 12.1 Å². The summed E-state index contributed by atoms with van der Waals surface area (Å²) in [4.78, 5) is 19.6. The molecule has 1 fully saturated rings. The van der Waals surface area contributed by atoms with Crippen molar-refractivity contribution in [2.45, 2.75) is 18.9 Å². The maximum Gasteiger partial charge on any atom is 0.254 e. The first-order valence-corrected chi connectivity index (χ1v) is 9.23. The quantitative estimate of drug-likeness (QED) is 0.732. The fourth-order valence-electron chi connectivity index (χ4n) is 3.60. The second kappa shape index (κ2) is 7.25. The monoisotopic (exact) mass is 384 g/mol. The number of benzene rings is 2. The average molecular weight is 385 g/mol. The molecule has 6 heteroatoms. The summed E-state index contributed by atoms with van der Waals surface area (Å²) in [5.74, 6) is -0.625. The number of aliphatic hydroxyl groups is 1. The van der Waals surface area contributed by atoms with Crippen molar-refractivity contribution in [3.63, 3.8) is 0 Å². The summed E-state index contributed by atoms with van der Waals surface area (Å²) in [7, 11) is 0. The molecule has 1 unspecified atom stereocenters. The predicted molar refractivity (Wildman–Crippen MR) is 103 cm³/mol. The maximum atomic E-state index is 13.5. The summed E-state index contributed by atoms with van der Waals surface area (Å²) < 4.78 is 13.5. The molecule has 4 rings (SSSR count). The second-order valence-corrected chi connectivity index (χ2v) is 7.09. The normalized spacial score (nSPS) is 16.9. The number of carbonyl (C=O) groups excluding carboxylic acids is 1. The number of likely N-dealkylation sites (tertiary alicyclic amines) is 1. The molecule has 1 atom stereocenters. The Balaban J connectivity index is 1.86. The van der Waals surface area contributed by atoms with Gasteiger partial charge in [0, 0.05) is 17.5 Å². The Kier molecular flexibility index (Phi) is 4.81. The fraction of sp³-hybridized carbons (Fsp3) is 0.238. The molecule has 2 aromatic carbocycles. The smallest absolute Gasteiger partial charge is 0.254 e. The zero-order valence-electron chi connectivity index (χ0n) is 14.5. The minimum atomic E-state index is -0.500. The molecule has 0 saturated carbocycles. The third kappa shape index (κ3) is 3.29. The number of hydrogen-bond acceptors (Lipinski definition) is 3. The van der Waals surface area contributed by atoms with Crippen LogP contribution in [0.1, 0.15) is 23.2 Å². The van der Waals surface area contributed by atoms with Crippen LogP contribution in [0, 0.1) is 5.82 Å². The molecule has 0 aliphatic carbocycles. The first-order valence-electron chi connectivity index (χ1n) is 8.85. The molecular weight excluding hydrogens is 367 g/mol. The summed E-state index contributed by atoms with van der Waals surface area (Å²) in [6, 6.07) is 13.4. The molecule has 27 heavy (non-hydrogen) atoms. The van der Waals surface area contributed by atoms with Crippen LogP contribution >= 0.6 is 11.6 Å². The number of pyridine rings is 1. The lowest BCUT2D eigenvalue weighted by molar-refractivity contribution is 0.0679. The molecule has 0 spiro atoms. The molecule has 0 bridgehead atoms. The van der Waals surface area contributed by atoms with Crippen LogP contribution in [-0.2, 0) is 0 Å². The number of hydrogen-bond donors (Lipinski definition) is 1. The lowest BCUT2D eigenvalue weighted by Gasteiger charge is -2.24. The van der Waals surface area contributed by atoms with Gasteiger partial charge in [-0.1, -0.05) is 29.8 Å². The van der Waals surface area contributed by atoms with Crippen molar-refractivity contribution in [2.75, 3.05) is 13.2 Å². The van der Waals surface area contributed by atoms with Crippen LogP contribution < -0.4 is 0 Å². The van der Waals surface area contributed by atoms with Gasteiger partial charge in [0.15, 0.2) is 0 Å². The highest BCUT2D eigenvalue weighted by Crippen LogP contribution is 2.30. The second-order valence-electron chi connectivity index (χ2n) is 6.68. The Morgan fingerprint density at radius 2 is 2.07 bits per heavy atom. The van der Waals surface area contributed by atoms with Gasteiger partial charge in [0.05, 0.1) is 34.4 Å². The van der Waals surface area contributed by atoms with Gasteiger partial charge in [-0.15, -0.1) is 0 Å². The standard InChI is InChI=1S/C21H18ClFN2O2/c22-17-10-13(7-8-18(17)23)20-11-16(15-5-1-2-6-19(15)24-20)21(27)25-9-3-4-14(25)12-26/h1-2,5-8,10-11,14,26H,3-4,9,12H2. The first kappa shape index (κ1) is 17.9. The largest absolute Gasteiger partial charge is 0.394 e. The lowest BCUT2D eigenvalue weighted by atomic mass is 10.0. The zero-order chi connectivity index (χ0) is 19.0. The molecule has 3 aromatic rings. The van der Waals surface area contributed by atoms with Crippen LogP contribution in [0.25, 0.3) is 22.2 Å². The van der Waals surface area contributed by atoms with Crippen molar-refractivity contribution in [1.29, 1.82) is 0 Å². The summed E-state index contributed by atoms with van der Waals surface area (Å²) in [5.41, 5.74) is 2.40. The van der Waals surface area contributed by atoms with Crippen molar-refractivity contribution >= 4 is 28.4 Å². The Morgan fingerprint density at radius 1 is 1.26 bits per heavy atom. The summed E-state index contributed by atoms with van der Waals surface area (Å²) >= 11 is 5.92. The van der Waals surface area contributed by atoms with E-state index in [1.54, 1.807) is 17.0 Å². The van der Waals surface area contributed by atoms with E-state index in [0.29, 0.717) is 28.9 Å². The van der Waals surface area contributed by atoms with E-state index >= 15 is 0 Å². The van der Waals surface area contributed by atoms with Crippen molar-refractivity contribution in [1.82, 2.24) is 9.88 Å². The summed E-state index contributed by atoms with van der Waals surface area (Å²) in [6.45, 7) is 0.577. The predicted octanol–water partition coefficient (Wildman–Crippen LogP) is 4.29. The molecular formula is C21H18ClFN2O2. The highest BCUT2D eigenvalue weighted by Gasteiger charge is 2.30. The van der Waals surface area contributed by atoms with Gasteiger partial charge in [-0.05, 0) is 43.2 Å². The van der Waals surface area contributed by atoms with E-state index in [9.17, 15) is 14.3 Å². The number of halogens is 2. The van der Waals surface area contributed by atoms with Crippen molar-refractivity contribution in [3.05, 3.63) is 64.9 Å². The summed E-state index contributed by atoms with van der Waals surface area (Å²) in [5, 5.41) is 10.3. The van der Waals surface area contributed by atoms with E-state index in [4.69, 9.17) is 11.6 Å². The zero-order valence-corrected chi connectivity index (χ0v) is 15.3. The number of nitrogens with zero attached hydrogens (tertiary/aromatic N) is 2. The Bertz CT molecular complexity index is 1020. The first-order chi connectivity index (χ1) is 13.1. The van der Waals surface area contributed by atoms with E-state index < -0.39 is 5.82 Å². The van der Waals surface area contributed by atoms with Gasteiger partial charge in [-0.2, -0.15) is 0 Å². The molecule has 2 heterocycles. The highest BCUT2D eigenvalue weighted by atomic mass is 35.5. The van der Waals surface area contributed by atoms with Crippen LogP contribution in [0.2, 0.25) is 5.02 Å². The van der Waals surface area contributed by atoms with Gasteiger partial charge in [-0.3, -0.25) is 4.79 Å². The molecule has 1 aromatic heterocycles. The minimum absolute atomic E-state index is 0.00947.